The highest BCUT2D eigenvalue weighted by molar-refractivity contribution is 5.73. The van der Waals surface area contributed by atoms with Crippen molar-refractivity contribution >= 4 is 6.29 Å². The average Bonchev–Trinajstić information content (AvgIpc) is 2.73. The Morgan fingerprint density at radius 1 is 1.35 bits per heavy atom. The number of hydrogen-bond donors (Lipinski definition) is 0. The van der Waals surface area contributed by atoms with Crippen LogP contribution in [0.1, 0.15) is 41.6 Å². The molecule has 3 nitrogen and oxygen atoms in total. The molecule has 2 rings (SSSR count). The number of aldehydes is 1. The number of hydrogen-bond acceptors (Lipinski definition) is 2. The van der Waals surface area contributed by atoms with E-state index in [1.807, 2.05) is 30.5 Å². The zero-order valence-corrected chi connectivity index (χ0v) is 10.1. The summed E-state index contributed by atoms with van der Waals surface area (Å²) < 4.78 is 2.07. The monoisotopic (exact) mass is 228 g/mol. The first-order valence-electron chi connectivity index (χ1n) is 5.76. The quantitative estimate of drug-likeness (QED) is 0.754. The Bertz CT molecular complexity index is 500. The van der Waals surface area contributed by atoms with Gasteiger partial charge in [-0.25, -0.2) is 0 Å². The van der Waals surface area contributed by atoms with E-state index in [9.17, 15) is 4.79 Å². The van der Waals surface area contributed by atoms with Crippen molar-refractivity contribution in [3.05, 3.63) is 53.6 Å². The minimum absolute atomic E-state index is 0.289. The summed E-state index contributed by atoms with van der Waals surface area (Å²) in [6.07, 6.45) is 5.34. The van der Waals surface area contributed by atoms with Crippen LogP contribution in [0.15, 0.2) is 36.7 Å². The highest BCUT2D eigenvalue weighted by atomic mass is 16.1. The number of rotatable bonds is 4. The Hall–Kier alpha value is -1.90. The molecule has 0 unspecified atom stereocenters. The van der Waals surface area contributed by atoms with Gasteiger partial charge in [-0.1, -0.05) is 6.07 Å². The normalized spacial score (nSPS) is 10.8. The second-order valence-corrected chi connectivity index (χ2v) is 4.37. The molecule has 0 fully saturated rings. The van der Waals surface area contributed by atoms with E-state index in [1.165, 1.54) is 0 Å². The summed E-state index contributed by atoms with van der Waals surface area (Å²) in [4.78, 5) is 15.1. The molecular formula is C14H16N2O. The van der Waals surface area contributed by atoms with Gasteiger partial charge in [0.1, 0.15) is 0 Å². The molecule has 0 aliphatic carbocycles. The molecule has 0 aliphatic heterocycles. The predicted molar refractivity (Wildman–Crippen MR) is 67.2 cm³/mol. The van der Waals surface area contributed by atoms with Gasteiger partial charge in [0.15, 0.2) is 6.29 Å². The van der Waals surface area contributed by atoms with Gasteiger partial charge in [-0.15, -0.1) is 0 Å². The Morgan fingerprint density at radius 2 is 2.18 bits per heavy atom. The fraction of sp³-hybridized carbons (Fsp3) is 0.286. The highest BCUT2D eigenvalue weighted by Gasteiger charge is 2.10. The Labute approximate surface area is 101 Å². The standard InChI is InChI=1S/C14H16N2O/c1-11(2)16-13(5-6-14(16)10-17)8-12-4-3-7-15-9-12/h3-7,9-11H,8H2,1-2H3. The van der Waals surface area contributed by atoms with Crippen LogP contribution < -0.4 is 0 Å². The summed E-state index contributed by atoms with van der Waals surface area (Å²) in [6.45, 7) is 4.17. The topological polar surface area (TPSA) is 34.9 Å². The van der Waals surface area contributed by atoms with Crippen LogP contribution in [0.25, 0.3) is 0 Å². The lowest BCUT2D eigenvalue weighted by molar-refractivity contribution is 0.111. The molecule has 2 aromatic rings. The van der Waals surface area contributed by atoms with Gasteiger partial charge in [0.05, 0.1) is 5.69 Å². The predicted octanol–water partition coefficient (Wildman–Crippen LogP) is 2.87. The smallest absolute Gasteiger partial charge is 0.166 e. The van der Waals surface area contributed by atoms with Gasteiger partial charge in [0, 0.05) is 30.6 Å². The lowest BCUT2D eigenvalue weighted by atomic mass is 10.1. The second kappa shape index (κ2) is 4.95. The summed E-state index contributed by atoms with van der Waals surface area (Å²) in [6, 6.07) is 8.15. The summed E-state index contributed by atoms with van der Waals surface area (Å²) in [5, 5.41) is 0. The van der Waals surface area contributed by atoms with Crippen molar-refractivity contribution in [1.29, 1.82) is 0 Å². The third-order valence-electron chi connectivity index (χ3n) is 2.78. The molecular weight excluding hydrogens is 212 g/mol. The van der Waals surface area contributed by atoms with Gasteiger partial charge in [0.25, 0.3) is 0 Å². The van der Waals surface area contributed by atoms with Crippen molar-refractivity contribution in [3.63, 3.8) is 0 Å². The second-order valence-electron chi connectivity index (χ2n) is 4.37. The van der Waals surface area contributed by atoms with E-state index < -0.39 is 0 Å². The first-order valence-corrected chi connectivity index (χ1v) is 5.76. The van der Waals surface area contributed by atoms with Crippen molar-refractivity contribution < 1.29 is 4.79 Å². The van der Waals surface area contributed by atoms with Crippen molar-refractivity contribution in [2.75, 3.05) is 0 Å². The van der Waals surface area contributed by atoms with E-state index in [0.717, 1.165) is 29.7 Å². The van der Waals surface area contributed by atoms with Crippen molar-refractivity contribution in [3.8, 4) is 0 Å². The zero-order chi connectivity index (χ0) is 12.3. The van der Waals surface area contributed by atoms with Crippen LogP contribution in [0.2, 0.25) is 0 Å². The highest BCUT2D eigenvalue weighted by Crippen LogP contribution is 2.18. The van der Waals surface area contributed by atoms with Crippen LogP contribution in [0.4, 0.5) is 0 Å². The third-order valence-corrected chi connectivity index (χ3v) is 2.78. The zero-order valence-electron chi connectivity index (χ0n) is 10.1. The van der Waals surface area contributed by atoms with Gasteiger partial charge in [-0.2, -0.15) is 0 Å². The van der Waals surface area contributed by atoms with Crippen LogP contribution in [0.3, 0.4) is 0 Å². The van der Waals surface area contributed by atoms with Crippen LogP contribution >= 0.6 is 0 Å². The maximum Gasteiger partial charge on any atom is 0.166 e. The van der Waals surface area contributed by atoms with E-state index in [1.54, 1.807) is 6.20 Å². The van der Waals surface area contributed by atoms with E-state index in [-0.39, 0.29) is 6.04 Å². The Kier molecular flexibility index (Phi) is 3.38. The SMILES string of the molecule is CC(C)n1c(C=O)ccc1Cc1cccnc1. The fourth-order valence-corrected chi connectivity index (χ4v) is 2.09. The van der Waals surface area contributed by atoms with Crippen molar-refractivity contribution in [2.45, 2.75) is 26.3 Å². The molecule has 2 heterocycles. The van der Waals surface area contributed by atoms with Gasteiger partial charge in [-0.3, -0.25) is 9.78 Å². The molecule has 2 aromatic heterocycles. The maximum atomic E-state index is 11.0. The van der Waals surface area contributed by atoms with E-state index in [4.69, 9.17) is 0 Å². The third kappa shape index (κ3) is 2.44. The van der Waals surface area contributed by atoms with Crippen LogP contribution in [0, 0.1) is 0 Å². The molecule has 0 spiro atoms. The van der Waals surface area contributed by atoms with E-state index >= 15 is 0 Å². The molecule has 3 heteroatoms. The number of aromatic nitrogens is 2. The van der Waals surface area contributed by atoms with Gasteiger partial charge in [-0.05, 0) is 37.6 Å². The lowest BCUT2D eigenvalue weighted by Crippen LogP contribution is -2.09. The summed E-state index contributed by atoms with van der Waals surface area (Å²) in [5.74, 6) is 0. The van der Waals surface area contributed by atoms with Gasteiger partial charge >= 0.3 is 0 Å². The summed E-state index contributed by atoms with van der Waals surface area (Å²) in [5.41, 5.74) is 3.04. The van der Waals surface area contributed by atoms with Crippen LogP contribution in [-0.2, 0) is 6.42 Å². The molecule has 0 saturated heterocycles. The first-order chi connectivity index (χ1) is 8.22. The lowest BCUT2D eigenvalue weighted by Gasteiger charge is -2.14. The minimum Gasteiger partial charge on any atom is -0.340 e. The molecule has 0 radical (unpaired) electrons. The summed E-state index contributed by atoms with van der Waals surface area (Å²) in [7, 11) is 0. The molecule has 0 amide bonds. The maximum absolute atomic E-state index is 11.0. The fourth-order valence-electron chi connectivity index (χ4n) is 2.09. The molecule has 0 saturated carbocycles. The minimum atomic E-state index is 0.289. The molecule has 0 aliphatic rings. The largest absolute Gasteiger partial charge is 0.340 e. The van der Waals surface area contributed by atoms with E-state index in [2.05, 4.69) is 23.4 Å². The van der Waals surface area contributed by atoms with Crippen molar-refractivity contribution in [2.24, 2.45) is 0 Å². The molecule has 0 N–H and O–H groups in total. The number of carbonyl (C=O) groups is 1. The molecule has 17 heavy (non-hydrogen) atoms. The molecule has 88 valence electrons. The molecule has 0 bridgehead atoms. The number of carbonyl (C=O) groups excluding carboxylic acids is 1. The van der Waals surface area contributed by atoms with E-state index in [0.29, 0.717) is 0 Å². The summed E-state index contributed by atoms with van der Waals surface area (Å²) >= 11 is 0. The first kappa shape index (κ1) is 11.6. The average molecular weight is 228 g/mol. The Balaban J connectivity index is 2.33. The van der Waals surface area contributed by atoms with Crippen molar-refractivity contribution in [1.82, 2.24) is 9.55 Å². The van der Waals surface area contributed by atoms with Crippen LogP contribution in [-0.4, -0.2) is 15.8 Å². The Morgan fingerprint density at radius 3 is 2.76 bits per heavy atom. The van der Waals surface area contributed by atoms with Crippen LogP contribution in [0.5, 0.6) is 0 Å². The molecule has 0 atom stereocenters. The number of nitrogens with zero attached hydrogens (tertiary/aromatic N) is 2. The van der Waals surface area contributed by atoms with Gasteiger partial charge < -0.3 is 4.57 Å². The number of pyridine rings is 1. The van der Waals surface area contributed by atoms with Gasteiger partial charge in [0.2, 0.25) is 0 Å². The molecule has 0 aromatic carbocycles.